The van der Waals surface area contributed by atoms with Gasteiger partial charge in [-0.1, -0.05) is 6.07 Å². The molecule has 1 aliphatic heterocycles. The van der Waals surface area contributed by atoms with Crippen molar-refractivity contribution < 1.29 is 42.9 Å². The van der Waals surface area contributed by atoms with Crippen LogP contribution in [0.25, 0.3) is 5.76 Å². The van der Waals surface area contributed by atoms with Gasteiger partial charge in [-0.15, -0.1) is 11.3 Å². The monoisotopic (exact) mass is 426 g/mol. The minimum absolute atomic E-state index is 0.148. The molecule has 2 atom stereocenters. The van der Waals surface area contributed by atoms with Crippen molar-refractivity contribution in [1.29, 1.82) is 0 Å². The highest BCUT2D eigenvalue weighted by atomic mass is 32.1. The van der Waals surface area contributed by atoms with E-state index in [0.717, 1.165) is 21.3 Å². The van der Waals surface area contributed by atoms with E-state index < -0.39 is 47.7 Å². The molecule has 0 aromatic carbocycles. The Labute approximate surface area is 171 Å². The fourth-order valence-corrected chi connectivity index (χ4v) is 3.93. The molecule has 0 fully saturated rings. The van der Waals surface area contributed by atoms with Gasteiger partial charge in [0.05, 0.1) is 46.2 Å². The molecule has 2 heterocycles. The van der Waals surface area contributed by atoms with Gasteiger partial charge in [0, 0.05) is 6.42 Å². The van der Waals surface area contributed by atoms with Crippen molar-refractivity contribution in [1.82, 2.24) is 0 Å². The van der Waals surface area contributed by atoms with Crippen molar-refractivity contribution in [2.75, 3.05) is 28.4 Å². The zero-order valence-corrected chi connectivity index (χ0v) is 17.3. The quantitative estimate of drug-likeness (QED) is 0.475. The summed E-state index contributed by atoms with van der Waals surface area (Å²) >= 11 is 1.29. The Morgan fingerprint density at radius 3 is 2.10 bits per heavy atom. The van der Waals surface area contributed by atoms with Crippen molar-refractivity contribution in [2.24, 2.45) is 5.41 Å². The van der Waals surface area contributed by atoms with Crippen LogP contribution in [0.1, 0.15) is 24.1 Å². The zero-order chi connectivity index (χ0) is 21.7. The third-order valence-corrected chi connectivity index (χ3v) is 5.46. The summed E-state index contributed by atoms with van der Waals surface area (Å²) in [4.78, 5) is 50.4. The molecular weight excluding hydrogens is 404 g/mol. The third kappa shape index (κ3) is 4.58. The SMILES string of the molecule is COC(=O)C[C@@]1(C(=O)OC)C=C(c2cccs2)O[C@@](CC(=O)OC)(C(=O)OC)C1. The van der Waals surface area contributed by atoms with Gasteiger partial charge in [-0.05, 0) is 17.5 Å². The number of carbonyl (C=O) groups excluding carboxylic acids is 4. The minimum Gasteiger partial charge on any atom is -0.474 e. The van der Waals surface area contributed by atoms with Crippen molar-refractivity contribution in [3.8, 4) is 0 Å². The van der Waals surface area contributed by atoms with Crippen LogP contribution in [-0.4, -0.2) is 57.9 Å². The molecule has 0 saturated heterocycles. The maximum absolute atomic E-state index is 12.8. The van der Waals surface area contributed by atoms with E-state index in [4.69, 9.17) is 23.7 Å². The Morgan fingerprint density at radius 1 is 0.966 bits per heavy atom. The molecule has 0 unspecified atom stereocenters. The number of thiophene rings is 1. The van der Waals surface area contributed by atoms with E-state index in [9.17, 15) is 19.2 Å². The van der Waals surface area contributed by atoms with Gasteiger partial charge in [0.25, 0.3) is 0 Å². The summed E-state index contributed by atoms with van der Waals surface area (Å²) in [6.07, 6.45) is 0.103. The van der Waals surface area contributed by atoms with Crippen molar-refractivity contribution >= 4 is 41.0 Å². The third-order valence-electron chi connectivity index (χ3n) is 4.57. The maximum atomic E-state index is 12.8. The van der Waals surface area contributed by atoms with Crippen molar-refractivity contribution in [3.63, 3.8) is 0 Å². The summed E-state index contributed by atoms with van der Waals surface area (Å²) in [5.41, 5.74) is -3.53. The van der Waals surface area contributed by atoms with Crippen LogP contribution in [0.2, 0.25) is 0 Å². The number of hydrogen-bond acceptors (Lipinski definition) is 10. The fraction of sp³-hybridized carbons (Fsp3) is 0.474. The van der Waals surface area contributed by atoms with Crippen molar-refractivity contribution in [3.05, 3.63) is 28.5 Å². The van der Waals surface area contributed by atoms with Gasteiger partial charge in [0.15, 0.2) is 0 Å². The molecule has 1 aliphatic rings. The van der Waals surface area contributed by atoms with Crippen LogP contribution in [0, 0.1) is 5.41 Å². The van der Waals surface area contributed by atoms with Gasteiger partial charge in [-0.2, -0.15) is 0 Å². The first-order valence-corrected chi connectivity index (χ1v) is 9.40. The lowest BCUT2D eigenvalue weighted by Gasteiger charge is -2.42. The van der Waals surface area contributed by atoms with Crippen LogP contribution in [0.5, 0.6) is 0 Å². The van der Waals surface area contributed by atoms with E-state index in [1.54, 1.807) is 17.5 Å². The van der Waals surface area contributed by atoms with E-state index in [-0.39, 0.29) is 12.2 Å². The van der Waals surface area contributed by atoms with Gasteiger partial charge < -0.3 is 23.7 Å². The fourth-order valence-electron chi connectivity index (χ4n) is 3.25. The Balaban J connectivity index is 2.70. The normalized spacial score (nSPS) is 23.2. The largest absolute Gasteiger partial charge is 0.474 e. The second-order valence-electron chi connectivity index (χ2n) is 6.40. The highest BCUT2D eigenvalue weighted by Crippen LogP contribution is 2.48. The Bertz CT molecular complexity index is 814. The number of hydrogen-bond donors (Lipinski definition) is 0. The summed E-state index contributed by atoms with van der Waals surface area (Å²) in [6, 6.07) is 3.46. The first-order valence-electron chi connectivity index (χ1n) is 8.52. The predicted octanol–water partition coefficient (Wildman–Crippen LogP) is 1.71. The van der Waals surface area contributed by atoms with Gasteiger partial charge in [0.1, 0.15) is 11.2 Å². The molecule has 158 valence electrons. The molecule has 0 bridgehead atoms. The molecule has 10 heteroatoms. The van der Waals surface area contributed by atoms with Crippen LogP contribution < -0.4 is 0 Å². The average molecular weight is 426 g/mol. The highest BCUT2D eigenvalue weighted by Gasteiger charge is 2.58. The lowest BCUT2D eigenvalue weighted by atomic mass is 9.71. The average Bonchev–Trinajstić information content (AvgIpc) is 3.26. The highest BCUT2D eigenvalue weighted by molar-refractivity contribution is 7.11. The molecule has 0 spiro atoms. The molecule has 29 heavy (non-hydrogen) atoms. The Hall–Kier alpha value is -2.88. The Kier molecular flexibility index (Phi) is 7.02. The van der Waals surface area contributed by atoms with E-state index >= 15 is 0 Å². The molecule has 9 nitrogen and oxygen atoms in total. The topological polar surface area (TPSA) is 114 Å². The number of methoxy groups -OCH3 is 4. The molecule has 0 radical (unpaired) electrons. The van der Waals surface area contributed by atoms with Crippen LogP contribution in [0.4, 0.5) is 0 Å². The molecule has 0 N–H and O–H groups in total. The predicted molar refractivity (Wildman–Crippen MR) is 100 cm³/mol. The number of carbonyl (C=O) groups is 4. The number of ether oxygens (including phenoxy) is 5. The molecule has 0 aliphatic carbocycles. The smallest absolute Gasteiger partial charge is 0.350 e. The summed E-state index contributed by atoms with van der Waals surface area (Å²) < 4.78 is 25.2. The lowest BCUT2D eigenvalue weighted by molar-refractivity contribution is -0.179. The summed E-state index contributed by atoms with van der Waals surface area (Å²) in [7, 11) is 4.64. The first-order chi connectivity index (χ1) is 13.8. The molecule has 1 aromatic rings. The standard InChI is InChI=1S/C19H22O9S/c1-24-14(20)9-18(16(22)26-3)8-12(13-6-5-7-29-13)28-19(11-18,17(23)27-4)10-15(21)25-2/h5-8H,9-11H2,1-4H3/t18-,19+/m0/s1. The molecule has 0 amide bonds. The molecule has 0 saturated carbocycles. The zero-order valence-electron chi connectivity index (χ0n) is 16.5. The van der Waals surface area contributed by atoms with Crippen LogP contribution in [-0.2, 0) is 42.9 Å². The minimum atomic E-state index is -1.90. The Morgan fingerprint density at radius 2 is 1.59 bits per heavy atom. The number of esters is 4. The van der Waals surface area contributed by atoms with Gasteiger partial charge in [0.2, 0.25) is 5.60 Å². The second kappa shape index (κ2) is 9.08. The van der Waals surface area contributed by atoms with Crippen molar-refractivity contribution in [2.45, 2.75) is 24.9 Å². The second-order valence-corrected chi connectivity index (χ2v) is 7.35. The van der Waals surface area contributed by atoms with Gasteiger partial charge in [-0.3, -0.25) is 14.4 Å². The molecule has 2 rings (SSSR count). The van der Waals surface area contributed by atoms with E-state index in [0.29, 0.717) is 4.88 Å². The van der Waals surface area contributed by atoms with E-state index in [2.05, 4.69) is 0 Å². The van der Waals surface area contributed by atoms with Crippen LogP contribution >= 0.6 is 11.3 Å². The molecular formula is C19H22O9S. The lowest BCUT2D eigenvalue weighted by Crippen LogP contribution is -2.53. The van der Waals surface area contributed by atoms with Gasteiger partial charge in [-0.25, -0.2) is 4.79 Å². The van der Waals surface area contributed by atoms with Crippen LogP contribution in [0.15, 0.2) is 23.6 Å². The maximum Gasteiger partial charge on any atom is 0.350 e. The first kappa shape index (κ1) is 22.4. The van der Waals surface area contributed by atoms with E-state index in [1.807, 2.05) is 0 Å². The van der Waals surface area contributed by atoms with E-state index in [1.165, 1.54) is 24.5 Å². The number of rotatable bonds is 7. The summed E-state index contributed by atoms with van der Waals surface area (Å²) in [6.45, 7) is 0. The summed E-state index contributed by atoms with van der Waals surface area (Å²) in [5.74, 6) is -2.97. The van der Waals surface area contributed by atoms with Gasteiger partial charge >= 0.3 is 23.9 Å². The van der Waals surface area contributed by atoms with Crippen LogP contribution in [0.3, 0.4) is 0 Å². The molecule has 1 aromatic heterocycles. The summed E-state index contributed by atoms with van der Waals surface area (Å²) in [5, 5.41) is 1.77.